The van der Waals surface area contributed by atoms with Crippen LogP contribution in [0.15, 0.2) is 47.1 Å². The summed E-state index contributed by atoms with van der Waals surface area (Å²) in [5.74, 6) is -0.104. The van der Waals surface area contributed by atoms with Gasteiger partial charge in [0.2, 0.25) is 0 Å². The van der Waals surface area contributed by atoms with E-state index in [0.717, 1.165) is 33.2 Å². The van der Waals surface area contributed by atoms with Crippen LogP contribution in [0.3, 0.4) is 0 Å². The highest BCUT2D eigenvalue weighted by Crippen LogP contribution is 2.24. The van der Waals surface area contributed by atoms with Crippen molar-refractivity contribution in [1.29, 1.82) is 0 Å². The summed E-state index contributed by atoms with van der Waals surface area (Å²) in [6.45, 7) is 3.50. The number of para-hydroxylation sites is 1. The van der Waals surface area contributed by atoms with Crippen molar-refractivity contribution in [1.82, 2.24) is 15.5 Å². The second kappa shape index (κ2) is 7.05. The Labute approximate surface area is 149 Å². The zero-order chi connectivity index (χ0) is 17.1. The highest BCUT2D eigenvalue weighted by molar-refractivity contribution is 9.10. The highest BCUT2D eigenvalue weighted by Gasteiger charge is 2.12. The number of carbonyl (C=O) groups excluding carboxylic acids is 1. The molecule has 1 amide bonds. The van der Waals surface area contributed by atoms with Crippen LogP contribution in [0.25, 0.3) is 10.9 Å². The molecule has 0 saturated carbocycles. The van der Waals surface area contributed by atoms with Gasteiger partial charge in [0.1, 0.15) is 0 Å². The third-order valence-corrected chi connectivity index (χ3v) is 4.70. The van der Waals surface area contributed by atoms with Crippen molar-refractivity contribution in [2.75, 3.05) is 18.5 Å². The highest BCUT2D eigenvalue weighted by atomic mass is 79.9. The number of aromatic amines is 1. The summed E-state index contributed by atoms with van der Waals surface area (Å²) in [5.41, 5.74) is 3.73. The summed E-state index contributed by atoms with van der Waals surface area (Å²) < 4.78 is 0.828. The number of benzene rings is 2. The van der Waals surface area contributed by atoms with Gasteiger partial charge in [-0.05, 0) is 46.6 Å². The summed E-state index contributed by atoms with van der Waals surface area (Å²) >= 11 is 3.47. The number of rotatable bonds is 5. The molecular formula is C18H19BrN4O. The lowest BCUT2D eigenvalue weighted by Crippen LogP contribution is -2.25. The Morgan fingerprint density at radius 1 is 1.33 bits per heavy atom. The average molecular weight is 387 g/mol. The smallest absolute Gasteiger partial charge is 0.251 e. The molecule has 0 spiro atoms. The van der Waals surface area contributed by atoms with Crippen molar-refractivity contribution < 1.29 is 4.79 Å². The van der Waals surface area contributed by atoms with E-state index in [4.69, 9.17) is 0 Å². The lowest BCUT2D eigenvalue weighted by atomic mass is 10.1. The number of fused-ring (bicyclic) bond motifs is 1. The third kappa shape index (κ3) is 3.28. The molecular weight excluding hydrogens is 368 g/mol. The Morgan fingerprint density at radius 2 is 2.12 bits per heavy atom. The normalized spacial score (nSPS) is 10.8. The molecule has 0 aliphatic heterocycles. The summed E-state index contributed by atoms with van der Waals surface area (Å²) in [7, 11) is 2.05. The first kappa shape index (κ1) is 16.5. The molecule has 0 saturated heterocycles. The van der Waals surface area contributed by atoms with E-state index in [9.17, 15) is 4.79 Å². The number of hydrogen-bond acceptors (Lipinski definition) is 3. The molecule has 6 heteroatoms. The van der Waals surface area contributed by atoms with E-state index in [-0.39, 0.29) is 5.91 Å². The molecule has 0 bridgehead atoms. The van der Waals surface area contributed by atoms with E-state index in [2.05, 4.69) is 49.3 Å². The molecule has 0 radical (unpaired) electrons. The summed E-state index contributed by atoms with van der Waals surface area (Å²) in [4.78, 5) is 14.7. The Balaban J connectivity index is 1.78. The van der Waals surface area contributed by atoms with E-state index in [1.807, 2.05) is 31.3 Å². The number of H-pyrrole nitrogens is 1. The number of amides is 1. The monoisotopic (exact) mass is 386 g/mol. The van der Waals surface area contributed by atoms with E-state index in [1.54, 1.807) is 12.3 Å². The summed E-state index contributed by atoms with van der Waals surface area (Å²) in [6.07, 6.45) is 1.71. The van der Waals surface area contributed by atoms with Crippen LogP contribution >= 0.6 is 15.9 Å². The SMILES string of the molecule is CCN(C)c1ccccc1CNC(=O)c1cc(Br)c2[nH]ncc2c1. The molecule has 3 aromatic rings. The first-order chi connectivity index (χ1) is 11.6. The largest absolute Gasteiger partial charge is 0.375 e. The van der Waals surface area contributed by atoms with Crippen molar-refractivity contribution in [2.45, 2.75) is 13.5 Å². The maximum absolute atomic E-state index is 12.5. The number of hydrogen-bond donors (Lipinski definition) is 2. The predicted molar refractivity (Wildman–Crippen MR) is 100 cm³/mol. The minimum Gasteiger partial charge on any atom is -0.375 e. The molecule has 24 heavy (non-hydrogen) atoms. The van der Waals surface area contributed by atoms with Crippen molar-refractivity contribution in [3.8, 4) is 0 Å². The molecule has 2 N–H and O–H groups in total. The van der Waals surface area contributed by atoms with Gasteiger partial charge in [-0.2, -0.15) is 5.10 Å². The van der Waals surface area contributed by atoms with Gasteiger partial charge < -0.3 is 10.2 Å². The number of carbonyl (C=O) groups is 1. The van der Waals surface area contributed by atoms with Gasteiger partial charge in [0.15, 0.2) is 0 Å². The van der Waals surface area contributed by atoms with E-state index < -0.39 is 0 Å². The molecule has 0 atom stereocenters. The Bertz CT molecular complexity index is 874. The quantitative estimate of drug-likeness (QED) is 0.702. The molecule has 1 aromatic heterocycles. The van der Waals surface area contributed by atoms with Crippen molar-refractivity contribution in [2.24, 2.45) is 0 Å². The topological polar surface area (TPSA) is 61.0 Å². The van der Waals surface area contributed by atoms with Crippen molar-refractivity contribution in [3.63, 3.8) is 0 Å². The van der Waals surface area contributed by atoms with Gasteiger partial charge in [-0.3, -0.25) is 9.89 Å². The van der Waals surface area contributed by atoms with Crippen LogP contribution < -0.4 is 10.2 Å². The second-order valence-corrected chi connectivity index (χ2v) is 6.47. The first-order valence-corrected chi connectivity index (χ1v) is 8.59. The Hall–Kier alpha value is -2.34. The molecule has 124 valence electrons. The fraction of sp³-hybridized carbons (Fsp3) is 0.222. The van der Waals surface area contributed by atoms with E-state index >= 15 is 0 Å². The zero-order valence-corrected chi connectivity index (χ0v) is 15.2. The second-order valence-electron chi connectivity index (χ2n) is 5.62. The van der Waals surface area contributed by atoms with Crippen LogP contribution in [0, 0.1) is 0 Å². The molecule has 2 aromatic carbocycles. The first-order valence-electron chi connectivity index (χ1n) is 7.80. The average Bonchev–Trinajstić information content (AvgIpc) is 3.08. The van der Waals surface area contributed by atoms with Crippen LogP contribution in [0.5, 0.6) is 0 Å². The molecule has 0 unspecified atom stereocenters. The number of halogens is 1. The van der Waals surface area contributed by atoms with Crippen LogP contribution in [0.2, 0.25) is 0 Å². The fourth-order valence-electron chi connectivity index (χ4n) is 2.63. The number of nitrogens with one attached hydrogen (secondary N) is 2. The zero-order valence-electron chi connectivity index (χ0n) is 13.6. The van der Waals surface area contributed by atoms with Crippen molar-refractivity contribution >= 4 is 38.4 Å². The van der Waals surface area contributed by atoms with Crippen LogP contribution in [0.1, 0.15) is 22.8 Å². The minimum absolute atomic E-state index is 0.104. The summed E-state index contributed by atoms with van der Waals surface area (Å²) in [5, 5.41) is 10.8. The number of anilines is 1. The molecule has 0 aliphatic rings. The van der Waals surface area contributed by atoms with Crippen molar-refractivity contribution in [3.05, 3.63) is 58.2 Å². The van der Waals surface area contributed by atoms with Crippen LogP contribution in [-0.2, 0) is 6.54 Å². The summed E-state index contributed by atoms with van der Waals surface area (Å²) in [6, 6.07) is 11.7. The number of aromatic nitrogens is 2. The van der Waals surface area contributed by atoms with Gasteiger partial charge in [-0.1, -0.05) is 18.2 Å². The molecule has 0 aliphatic carbocycles. The Morgan fingerprint density at radius 3 is 2.92 bits per heavy atom. The molecule has 5 nitrogen and oxygen atoms in total. The third-order valence-electron chi connectivity index (χ3n) is 4.08. The van der Waals surface area contributed by atoms with E-state index in [0.29, 0.717) is 12.1 Å². The van der Waals surface area contributed by atoms with Gasteiger partial charge in [-0.25, -0.2) is 0 Å². The lowest BCUT2D eigenvalue weighted by Gasteiger charge is -2.20. The maximum Gasteiger partial charge on any atom is 0.251 e. The van der Waals surface area contributed by atoms with Crippen LogP contribution in [-0.4, -0.2) is 29.7 Å². The molecule has 0 fully saturated rings. The molecule has 3 rings (SSSR count). The van der Waals surface area contributed by atoms with Gasteiger partial charge in [0, 0.05) is 41.2 Å². The Kier molecular flexibility index (Phi) is 4.85. The minimum atomic E-state index is -0.104. The predicted octanol–water partition coefficient (Wildman–Crippen LogP) is 3.71. The lowest BCUT2D eigenvalue weighted by molar-refractivity contribution is 0.0951. The van der Waals surface area contributed by atoms with Gasteiger partial charge in [-0.15, -0.1) is 0 Å². The van der Waals surface area contributed by atoms with Gasteiger partial charge in [0.05, 0.1) is 11.7 Å². The fourth-order valence-corrected chi connectivity index (χ4v) is 3.19. The maximum atomic E-state index is 12.5. The van der Waals surface area contributed by atoms with Crippen LogP contribution in [0.4, 0.5) is 5.69 Å². The standard InChI is InChI=1S/C18H19BrN4O/c1-3-23(2)16-7-5-4-6-12(16)10-20-18(24)13-8-14-11-21-22-17(14)15(19)9-13/h4-9,11H,3,10H2,1-2H3,(H,20,24)(H,21,22). The van der Waals surface area contributed by atoms with Gasteiger partial charge in [0.25, 0.3) is 5.91 Å². The van der Waals surface area contributed by atoms with E-state index in [1.165, 1.54) is 0 Å². The number of nitrogens with zero attached hydrogens (tertiary/aromatic N) is 2. The van der Waals surface area contributed by atoms with Gasteiger partial charge >= 0.3 is 0 Å². The molecule has 1 heterocycles.